The van der Waals surface area contributed by atoms with Crippen LogP contribution in [-0.4, -0.2) is 40.8 Å². The van der Waals surface area contributed by atoms with Crippen molar-refractivity contribution in [2.24, 2.45) is 11.8 Å². The lowest BCUT2D eigenvalue weighted by Gasteiger charge is -2.17. The Bertz CT molecular complexity index is 391. The number of aliphatic hydroxyl groups excluding tert-OH is 2. The van der Waals surface area contributed by atoms with Gasteiger partial charge in [0, 0.05) is 18.3 Å². The molecule has 0 aromatic rings. The van der Waals surface area contributed by atoms with Gasteiger partial charge in [0.2, 0.25) is 0 Å². The predicted octanol–water partition coefficient (Wildman–Crippen LogP) is 2.00. The molecule has 22 heavy (non-hydrogen) atoms. The summed E-state index contributed by atoms with van der Waals surface area (Å²) >= 11 is 0. The van der Waals surface area contributed by atoms with Crippen molar-refractivity contribution in [1.82, 2.24) is 0 Å². The Morgan fingerprint density at radius 2 is 2.14 bits per heavy atom. The molecule has 0 aromatic heterocycles. The molecule has 0 amide bonds. The van der Waals surface area contributed by atoms with Gasteiger partial charge in [-0.15, -0.1) is 0 Å². The van der Waals surface area contributed by atoms with E-state index >= 15 is 0 Å². The Labute approximate surface area is 132 Å². The number of esters is 1. The zero-order chi connectivity index (χ0) is 16.5. The van der Waals surface area contributed by atoms with Gasteiger partial charge in [0.25, 0.3) is 0 Å². The van der Waals surface area contributed by atoms with Crippen LogP contribution in [0.3, 0.4) is 0 Å². The summed E-state index contributed by atoms with van der Waals surface area (Å²) in [5.41, 5.74) is 0. The van der Waals surface area contributed by atoms with Crippen LogP contribution in [0, 0.1) is 11.8 Å². The molecule has 1 rings (SSSR count). The Kier molecular flexibility index (Phi) is 8.35. The van der Waals surface area contributed by atoms with E-state index in [1.165, 1.54) is 0 Å². The molecule has 0 heterocycles. The van der Waals surface area contributed by atoms with Crippen LogP contribution in [0.2, 0.25) is 0 Å². The Morgan fingerprint density at radius 3 is 2.77 bits per heavy atom. The van der Waals surface area contributed by atoms with Gasteiger partial charge in [-0.2, -0.15) is 0 Å². The second-order valence-electron chi connectivity index (χ2n) is 5.88. The van der Waals surface area contributed by atoms with Crippen molar-refractivity contribution in [1.29, 1.82) is 0 Å². The lowest BCUT2D eigenvalue weighted by atomic mass is 9.90. The molecule has 4 unspecified atom stereocenters. The van der Waals surface area contributed by atoms with E-state index in [2.05, 4.69) is 6.92 Å². The summed E-state index contributed by atoms with van der Waals surface area (Å²) in [6, 6.07) is 0. The first-order valence-corrected chi connectivity index (χ1v) is 8.22. The van der Waals surface area contributed by atoms with Crippen LogP contribution in [0.1, 0.15) is 52.4 Å². The fourth-order valence-corrected chi connectivity index (χ4v) is 2.84. The van der Waals surface area contributed by atoms with Crippen LogP contribution in [0.15, 0.2) is 12.2 Å². The van der Waals surface area contributed by atoms with Crippen LogP contribution in [0.4, 0.5) is 0 Å². The first-order valence-electron chi connectivity index (χ1n) is 8.22. The molecule has 0 saturated heterocycles. The van der Waals surface area contributed by atoms with Crippen molar-refractivity contribution in [2.75, 3.05) is 6.61 Å². The fourth-order valence-electron chi connectivity index (χ4n) is 2.84. The highest BCUT2D eigenvalue weighted by molar-refractivity contribution is 5.88. The summed E-state index contributed by atoms with van der Waals surface area (Å²) < 4.78 is 4.88. The summed E-state index contributed by atoms with van der Waals surface area (Å²) in [6.45, 7) is 4.09. The molecule has 1 aliphatic carbocycles. The van der Waals surface area contributed by atoms with Gasteiger partial charge in [0.1, 0.15) is 5.78 Å². The van der Waals surface area contributed by atoms with Gasteiger partial charge >= 0.3 is 5.97 Å². The lowest BCUT2D eigenvalue weighted by Crippen LogP contribution is -2.23. The summed E-state index contributed by atoms with van der Waals surface area (Å²) in [4.78, 5) is 23.5. The molecule has 2 N–H and O–H groups in total. The average molecular weight is 312 g/mol. The number of rotatable bonds is 9. The summed E-state index contributed by atoms with van der Waals surface area (Å²) in [5, 5.41) is 19.9. The highest BCUT2D eigenvalue weighted by Gasteiger charge is 2.41. The number of carbonyl (C=O) groups excluding carboxylic acids is 2. The zero-order valence-corrected chi connectivity index (χ0v) is 13.5. The molecule has 5 nitrogen and oxygen atoms in total. The summed E-state index contributed by atoms with van der Waals surface area (Å²) in [7, 11) is 0. The fraction of sp³-hybridized carbons (Fsp3) is 0.765. The molecular weight excluding hydrogens is 284 g/mol. The largest absolute Gasteiger partial charge is 0.466 e. The summed E-state index contributed by atoms with van der Waals surface area (Å²) in [6.07, 6.45) is 5.80. The second-order valence-corrected chi connectivity index (χ2v) is 5.88. The molecule has 126 valence electrons. The Balaban J connectivity index is 2.60. The van der Waals surface area contributed by atoms with Gasteiger partial charge in [0.05, 0.1) is 25.2 Å². The van der Waals surface area contributed by atoms with Crippen molar-refractivity contribution >= 4 is 11.8 Å². The smallest absolute Gasteiger partial charge is 0.306 e. The highest BCUT2D eigenvalue weighted by Crippen LogP contribution is 2.33. The number of ether oxygens (including phenoxy) is 1. The topological polar surface area (TPSA) is 83.8 Å². The molecule has 5 heteroatoms. The zero-order valence-electron chi connectivity index (χ0n) is 13.5. The van der Waals surface area contributed by atoms with Gasteiger partial charge in [-0.25, -0.2) is 0 Å². The molecule has 1 fully saturated rings. The third-order valence-electron chi connectivity index (χ3n) is 4.08. The molecule has 0 spiro atoms. The van der Waals surface area contributed by atoms with Gasteiger partial charge < -0.3 is 14.9 Å². The standard InChI is InChI=1S/C17H28O5/c1-3-5-6-7-12(18)8-9-13-14(10-17(21)22-4-2)16(20)11-15(13)19/h8-9,12-15,18-19H,3-7,10-11H2,1-2H3/b9-8+. The molecular formula is C17H28O5. The molecule has 0 bridgehead atoms. The molecule has 0 aromatic carbocycles. The van der Waals surface area contributed by atoms with Crippen molar-refractivity contribution < 1.29 is 24.5 Å². The predicted molar refractivity (Wildman–Crippen MR) is 83.1 cm³/mol. The van der Waals surface area contributed by atoms with Crippen molar-refractivity contribution in [3.05, 3.63) is 12.2 Å². The average Bonchev–Trinajstić information content (AvgIpc) is 2.71. The minimum Gasteiger partial charge on any atom is -0.466 e. The van der Waals surface area contributed by atoms with Gasteiger partial charge in [-0.05, 0) is 13.3 Å². The van der Waals surface area contributed by atoms with E-state index < -0.39 is 30.0 Å². The number of hydrogen-bond donors (Lipinski definition) is 2. The monoisotopic (exact) mass is 312 g/mol. The molecule has 1 aliphatic rings. The van der Waals surface area contributed by atoms with E-state index in [1.807, 2.05) is 0 Å². The molecule has 1 saturated carbocycles. The lowest BCUT2D eigenvalue weighted by molar-refractivity contribution is -0.146. The van der Waals surface area contributed by atoms with Crippen LogP contribution in [-0.2, 0) is 14.3 Å². The number of unbranched alkanes of at least 4 members (excludes halogenated alkanes) is 2. The SMILES string of the molecule is CCCCCC(O)/C=C/C1C(O)CC(=O)C1CC(=O)OCC. The molecule has 4 atom stereocenters. The van der Waals surface area contributed by atoms with Gasteiger partial charge in [-0.1, -0.05) is 38.3 Å². The molecule has 0 radical (unpaired) electrons. The van der Waals surface area contributed by atoms with E-state index in [0.717, 1.165) is 19.3 Å². The van der Waals surface area contributed by atoms with E-state index in [4.69, 9.17) is 4.74 Å². The minimum atomic E-state index is -0.786. The van der Waals surface area contributed by atoms with Crippen LogP contribution < -0.4 is 0 Å². The van der Waals surface area contributed by atoms with Crippen LogP contribution in [0.5, 0.6) is 0 Å². The number of hydrogen-bond acceptors (Lipinski definition) is 5. The quantitative estimate of drug-likeness (QED) is 0.386. The Hall–Kier alpha value is -1.20. The Morgan fingerprint density at radius 1 is 1.41 bits per heavy atom. The highest BCUT2D eigenvalue weighted by atomic mass is 16.5. The van der Waals surface area contributed by atoms with Crippen molar-refractivity contribution in [3.63, 3.8) is 0 Å². The van der Waals surface area contributed by atoms with Gasteiger partial charge in [0.15, 0.2) is 0 Å². The van der Waals surface area contributed by atoms with Crippen LogP contribution >= 0.6 is 0 Å². The van der Waals surface area contributed by atoms with E-state index in [-0.39, 0.29) is 25.2 Å². The third-order valence-corrected chi connectivity index (χ3v) is 4.08. The van der Waals surface area contributed by atoms with Crippen LogP contribution in [0.25, 0.3) is 0 Å². The van der Waals surface area contributed by atoms with E-state index in [0.29, 0.717) is 6.42 Å². The number of Topliss-reactive ketones (excluding diaryl/α,β-unsaturated/α-hetero) is 1. The van der Waals surface area contributed by atoms with Crippen molar-refractivity contribution in [2.45, 2.75) is 64.6 Å². The number of ketones is 1. The third kappa shape index (κ3) is 5.89. The first kappa shape index (κ1) is 18.8. The molecule has 0 aliphatic heterocycles. The second kappa shape index (κ2) is 9.74. The first-order chi connectivity index (χ1) is 10.5. The van der Waals surface area contributed by atoms with Gasteiger partial charge in [-0.3, -0.25) is 9.59 Å². The maximum atomic E-state index is 11.9. The maximum Gasteiger partial charge on any atom is 0.306 e. The van der Waals surface area contributed by atoms with E-state index in [1.54, 1.807) is 19.1 Å². The normalized spacial score (nSPS) is 26.5. The number of carbonyl (C=O) groups is 2. The maximum absolute atomic E-state index is 11.9. The van der Waals surface area contributed by atoms with Crippen molar-refractivity contribution in [3.8, 4) is 0 Å². The minimum absolute atomic E-state index is 0.00926. The number of aliphatic hydroxyl groups is 2. The summed E-state index contributed by atoms with van der Waals surface area (Å²) in [5.74, 6) is -1.50. The van der Waals surface area contributed by atoms with E-state index in [9.17, 15) is 19.8 Å².